The molecule has 1 heterocycles. The van der Waals surface area contributed by atoms with Gasteiger partial charge in [0, 0.05) is 10.6 Å². The molecule has 1 aliphatic heterocycles. The number of hydrogen-bond donors (Lipinski definition) is 1. The molecule has 2 aromatic rings. The van der Waals surface area contributed by atoms with Gasteiger partial charge >= 0.3 is 0 Å². The molecule has 0 bridgehead atoms. The Bertz CT molecular complexity index is 664. The van der Waals surface area contributed by atoms with Gasteiger partial charge in [0.05, 0.1) is 0 Å². The molecule has 1 aliphatic rings. The third-order valence-electron chi connectivity index (χ3n) is 3.72. The minimum absolute atomic E-state index is 0.204. The minimum Gasteiger partial charge on any atom is -0.288 e. The van der Waals surface area contributed by atoms with Gasteiger partial charge in [0.15, 0.2) is 0 Å². The Morgan fingerprint density at radius 3 is 2.38 bits per heavy atom. The Balaban J connectivity index is 1.88. The predicted octanol–water partition coefficient (Wildman–Crippen LogP) is 4.91. The lowest BCUT2D eigenvalue weighted by molar-refractivity contribution is 0.499. The summed E-state index contributed by atoms with van der Waals surface area (Å²) in [5, 5.41) is 6.35. The lowest BCUT2D eigenvalue weighted by atomic mass is 10.0. The minimum atomic E-state index is -0.204. The summed E-state index contributed by atoms with van der Waals surface area (Å²) < 4.78 is 0. The van der Waals surface area contributed by atoms with Crippen LogP contribution in [0.15, 0.2) is 53.6 Å². The fourth-order valence-electron chi connectivity index (χ4n) is 2.37. The molecule has 0 aliphatic carbocycles. The topological polar surface area (TPSA) is 24.4 Å². The van der Waals surface area contributed by atoms with E-state index in [0.717, 1.165) is 22.1 Å². The maximum absolute atomic E-state index is 5.99. The van der Waals surface area contributed by atoms with Crippen LogP contribution in [0, 0.1) is 6.92 Å². The number of benzene rings is 2. The van der Waals surface area contributed by atoms with Crippen LogP contribution in [0.1, 0.15) is 30.0 Å². The van der Waals surface area contributed by atoms with Crippen molar-refractivity contribution in [3.05, 3.63) is 70.2 Å². The second-order valence-electron chi connectivity index (χ2n) is 5.18. The highest BCUT2D eigenvalue weighted by Crippen LogP contribution is 2.43. The SMILES string of the molecule is CCC1(c2ccc(Cl)cc2)NN=C(c2ccc(C)cc2)S1. The second-order valence-corrected chi connectivity index (χ2v) is 6.91. The number of hydrazone groups is 1. The third kappa shape index (κ3) is 2.81. The van der Waals surface area contributed by atoms with Crippen LogP contribution in [0.4, 0.5) is 0 Å². The molecule has 0 saturated carbocycles. The third-order valence-corrected chi connectivity index (χ3v) is 5.45. The van der Waals surface area contributed by atoms with E-state index in [1.807, 2.05) is 12.1 Å². The van der Waals surface area contributed by atoms with Crippen LogP contribution in [0.25, 0.3) is 0 Å². The normalized spacial score (nSPS) is 21.0. The molecule has 1 unspecified atom stereocenters. The highest BCUT2D eigenvalue weighted by Gasteiger charge is 2.37. The Labute approximate surface area is 134 Å². The zero-order valence-electron chi connectivity index (χ0n) is 12.1. The van der Waals surface area contributed by atoms with Crippen LogP contribution >= 0.6 is 23.4 Å². The molecule has 0 radical (unpaired) electrons. The van der Waals surface area contributed by atoms with Crippen molar-refractivity contribution in [3.63, 3.8) is 0 Å². The van der Waals surface area contributed by atoms with E-state index in [4.69, 9.17) is 11.6 Å². The van der Waals surface area contributed by atoms with Gasteiger partial charge in [-0.2, -0.15) is 5.10 Å². The van der Waals surface area contributed by atoms with E-state index in [1.165, 1.54) is 11.1 Å². The van der Waals surface area contributed by atoms with E-state index < -0.39 is 0 Å². The fourth-order valence-corrected chi connectivity index (χ4v) is 3.66. The highest BCUT2D eigenvalue weighted by molar-refractivity contribution is 8.15. The second kappa shape index (κ2) is 5.74. The molecule has 1 N–H and O–H groups in total. The first kappa shape index (κ1) is 14.5. The molecule has 2 nitrogen and oxygen atoms in total. The summed E-state index contributed by atoms with van der Waals surface area (Å²) in [4.78, 5) is -0.204. The van der Waals surface area contributed by atoms with Gasteiger partial charge in [-0.3, -0.25) is 5.43 Å². The van der Waals surface area contributed by atoms with Crippen molar-refractivity contribution in [2.45, 2.75) is 25.1 Å². The maximum atomic E-state index is 5.99. The summed E-state index contributed by atoms with van der Waals surface area (Å²) in [5.74, 6) is 0. The monoisotopic (exact) mass is 316 g/mol. The number of nitrogens with zero attached hydrogens (tertiary/aromatic N) is 1. The molecule has 0 amide bonds. The van der Waals surface area contributed by atoms with Gasteiger partial charge < -0.3 is 0 Å². The molecule has 2 aromatic carbocycles. The van der Waals surface area contributed by atoms with E-state index in [9.17, 15) is 0 Å². The average molecular weight is 317 g/mol. The van der Waals surface area contributed by atoms with Crippen molar-refractivity contribution >= 4 is 28.4 Å². The first-order chi connectivity index (χ1) is 10.1. The lowest BCUT2D eigenvalue weighted by Crippen LogP contribution is -2.31. The van der Waals surface area contributed by atoms with Crippen LogP contribution in [0.3, 0.4) is 0 Å². The van der Waals surface area contributed by atoms with Crippen LogP contribution in [0.5, 0.6) is 0 Å². The first-order valence-corrected chi connectivity index (χ1v) is 8.19. The number of rotatable bonds is 3. The molecule has 108 valence electrons. The smallest absolute Gasteiger partial charge is 0.131 e. The van der Waals surface area contributed by atoms with Crippen molar-refractivity contribution in [2.24, 2.45) is 5.10 Å². The van der Waals surface area contributed by atoms with Crippen LogP contribution in [-0.4, -0.2) is 5.04 Å². The van der Waals surface area contributed by atoms with Crippen molar-refractivity contribution < 1.29 is 0 Å². The van der Waals surface area contributed by atoms with Gasteiger partial charge in [-0.05, 0) is 31.0 Å². The van der Waals surface area contributed by atoms with Crippen molar-refractivity contribution in [2.75, 3.05) is 0 Å². The number of thioether (sulfide) groups is 1. The molecule has 4 heteroatoms. The summed E-state index contributed by atoms with van der Waals surface area (Å²) in [5.41, 5.74) is 6.94. The summed E-state index contributed by atoms with van der Waals surface area (Å²) in [6.07, 6.45) is 0.943. The summed E-state index contributed by atoms with van der Waals surface area (Å²) in [6.45, 7) is 4.26. The standard InChI is InChI=1S/C17H17ClN2S/c1-3-17(14-8-10-15(18)11-9-14)20-19-16(21-17)13-6-4-12(2)5-7-13/h4-11,20H,3H2,1-2H3. The number of halogens is 1. The Kier molecular flexibility index (Phi) is 3.96. The Morgan fingerprint density at radius 2 is 1.76 bits per heavy atom. The molecular weight excluding hydrogens is 300 g/mol. The van der Waals surface area contributed by atoms with Gasteiger partial charge in [0.25, 0.3) is 0 Å². The molecule has 1 atom stereocenters. The average Bonchev–Trinajstić information content (AvgIpc) is 2.94. The number of aryl methyl sites for hydroxylation is 1. The molecule has 0 fully saturated rings. The van der Waals surface area contributed by atoms with Crippen molar-refractivity contribution in [1.82, 2.24) is 5.43 Å². The summed E-state index contributed by atoms with van der Waals surface area (Å²) in [6, 6.07) is 16.5. The van der Waals surface area contributed by atoms with Crippen molar-refractivity contribution in [3.8, 4) is 0 Å². The Hall–Kier alpha value is -1.45. The van der Waals surface area contributed by atoms with Crippen molar-refractivity contribution in [1.29, 1.82) is 0 Å². The molecule has 0 spiro atoms. The van der Waals surface area contributed by atoms with Crippen LogP contribution in [-0.2, 0) is 4.87 Å². The van der Waals surface area contributed by atoms with E-state index in [-0.39, 0.29) is 4.87 Å². The first-order valence-electron chi connectivity index (χ1n) is 7.00. The van der Waals surface area contributed by atoms with Gasteiger partial charge in [0.1, 0.15) is 9.91 Å². The molecular formula is C17H17ClN2S. The molecule has 3 rings (SSSR count). The Morgan fingerprint density at radius 1 is 1.10 bits per heavy atom. The summed E-state index contributed by atoms with van der Waals surface area (Å²) >= 11 is 7.76. The molecule has 0 aromatic heterocycles. The maximum Gasteiger partial charge on any atom is 0.131 e. The zero-order chi connectivity index (χ0) is 14.9. The van der Waals surface area contributed by atoms with E-state index in [2.05, 4.69) is 60.8 Å². The quantitative estimate of drug-likeness (QED) is 0.870. The molecule has 0 saturated heterocycles. The predicted molar refractivity (Wildman–Crippen MR) is 91.9 cm³/mol. The highest BCUT2D eigenvalue weighted by atomic mass is 35.5. The number of hydrogen-bond acceptors (Lipinski definition) is 3. The van der Waals surface area contributed by atoms with E-state index in [1.54, 1.807) is 11.8 Å². The fraction of sp³-hybridized carbons (Fsp3) is 0.235. The van der Waals surface area contributed by atoms with Gasteiger partial charge in [-0.15, -0.1) is 0 Å². The summed E-state index contributed by atoms with van der Waals surface area (Å²) in [7, 11) is 0. The van der Waals surface area contributed by atoms with Crippen LogP contribution in [0.2, 0.25) is 5.02 Å². The zero-order valence-corrected chi connectivity index (χ0v) is 13.6. The van der Waals surface area contributed by atoms with E-state index >= 15 is 0 Å². The van der Waals surface area contributed by atoms with E-state index in [0.29, 0.717) is 0 Å². The lowest BCUT2D eigenvalue weighted by Gasteiger charge is -2.27. The van der Waals surface area contributed by atoms with Gasteiger partial charge in [-0.25, -0.2) is 0 Å². The van der Waals surface area contributed by atoms with Gasteiger partial charge in [-0.1, -0.05) is 72.2 Å². The largest absolute Gasteiger partial charge is 0.288 e. The van der Waals surface area contributed by atoms with Gasteiger partial charge in [0.2, 0.25) is 0 Å². The molecule has 21 heavy (non-hydrogen) atoms. The number of nitrogens with one attached hydrogen (secondary N) is 1. The van der Waals surface area contributed by atoms with Crippen LogP contribution < -0.4 is 5.43 Å².